The van der Waals surface area contributed by atoms with E-state index in [9.17, 15) is 4.79 Å². The molecule has 1 aliphatic carbocycles. The second kappa shape index (κ2) is 11.6. The molecule has 1 aliphatic rings. The van der Waals surface area contributed by atoms with Gasteiger partial charge in [-0.1, -0.05) is 61.0 Å². The van der Waals surface area contributed by atoms with Crippen LogP contribution in [0.3, 0.4) is 0 Å². The maximum atomic E-state index is 12.0. The Hall–Kier alpha value is -3.07. The van der Waals surface area contributed by atoms with Crippen molar-refractivity contribution < 1.29 is 9.53 Å². The number of aryl methyl sites for hydroxylation is 2. The fourth-order valence-corrected chi connectivity index (χ4v) is 5.36. The molecule has 3 aromatic rings. The van der Waals surface area contributed by atoms with Gasteiger partial charge < -0.3 is 9.64 Å². The molecule has 0 bridgehead atoms. The van der Waals surface area contributed by atoms with E-state index in [1.54, 1.807) is 7.11 Å². The summed E-state index contributed by atoms with van der Waals surface area (Å²) in [5.41, 5.74) is 9.41. The Labute approximate surface area is 211 Å². The van der Waals surface area contributed by atoms with Gasteiger partial charge in [-0.2, -0.15) is 0 Å². The van der Waals surface area contributed by atoms with Gasteiger partial charge >= 0.3 is 0 Å². The van der Waals surface area contributed by atoms with Gasteiger partial charge in [-0.3, -0.25) is 4.79 Å². The van der Waals surface area contributed by atoms with Crippen LogP contribution in [0.1, 0.15) is 72.4 Å². The van der Waals surface area contributed by atoms with E-state index < -0.39 is 0 Å². The molecule has 0 N–H and O–H groups in total. The topological polar surface area (TPSA) is 29.5 Å². The minimum absolute atomic E-state index is 0.320. The summed E-state index contributed by atoms with van der Waals surface area (Å²) in [6.07, 6.45) is 5.51. The van der Waals surface area contributed by atoms with Crippen molar-refractivity contribution in [2.24, 2.45) is 0 Å². The number of rotatable bonds is 10. The van der Waals surface area contributed by atoms with Gasteiger partial charge in [0.05, 0.1) is 7.11 Å². The van der Waals surface area contributed by atoms with Crippen LogP contribution in [0.25, 0.3) is 0 Å². The molecule has 3 heteroatoms. The first-order valence-corrected chi connectivity index (χ1v) is 13.1. The van der Waals surface area contributed by atoms with E-state index in [0.717, 1.165) is 43.7 Å². The number of carbonyl (C=O) groups is 1. The fraction of sp³-hybridized carbons (Fsp3) is 0.406. The molecular weight excluding hydrogens is 430 g/mol. The molecule has 184 valence electrons. The quantitative estimate of drug-likeness (QED) is 0.314. The van der Waals surface area contributed by atoms with Crippen LogP contribution in [0.5, 0.6) is 5.75 Å². The first-order chi connectivity index (χ1) is 17.0. The van der Waals surface area contributed by atoms with Crippen molar-refractivity contribution in [3.8, 4) is 5.75 Å². The summed E-state index contributed by atoms with van der Waals surface area (Å²) < 4.78 is 5.63. The summed E-state index contributed by atoms with van der Waals surface area (Å²) in [7, 11) is 1.74. The van der Waals surface area contributed by atoms with Gasteiger partial charge in [0.25, 0.3) is 0 Å². The van der Waals surface area contributed by atoms with Gasteiger partial charge in [-0.05, 0) is 79.3 Å². The lowest BCUT2D eigenvalue weighted by Crippen LogP contribution is -2.25. The molecule has 1 atom stereocenters. The van der Waals surface area contributed by atoms with Crippen LogP contribution in [0.15, 0.2) is 60.7 Å². The molecule has 0 fully saturated rings. The fourth-order valence-electron chi connectivity index (χ4n) is 5.36. The highest BCUT2D eigenvalue weighted by molar-refractivity contribution is 5.80. The maximum Gasteiger partial charge on any atom is 0.137 e. The standard InChI is InChI=1S/C32H39NO2/c1-5-7-29(34)19-24-9-11-25(12-10-24)22-33(6-2)32-21-30(35-4)16-17-31(32)28-15-14-26-18-23(3)8-13-27(26)20-28/h8-13,16-18,21,28H,5-7,14-15,19-20,22H2,1-4H3/t28-/m1/s1. The Kier molecular flexibility index (Phi) is 8.28. The number of ketones is 1. The molecule has 0 spiro atoms. The lowest BCUT2D eigenvalue weighted by molar-refractivity contribution is -0.118. The summed E-state index contributed by atoms with van der Waals surface area (Å²) in [5.74, 6) is 1.73. The zero-order valence-electron chi connectivity index (χ0n) is 21.8. The lowest BCUT2D eigenvalue weighted by atomic mass is 9.79. The first kappa shape index (κ1) is 25.0. The molecule has 0 saturated heterocycles. The number of benzene rings is 3. The molecule has 0 saturated carbocycles. The second-order valence-electron chi connectivity index (χ2n) is 9.93. The van der Waals surface area contributed by atoms with Crippen molar-refractivity contribution in [3.63, 3.8) is 0 Å². The molecule has 3 aromatic carbocycles. The first-order valence-electron chi connectivity index (χ1n) is 13.1. The molecule has 0 aliphatic heterocycles. The summed E-state index contributed by atoms with van der Waals surface area (Å²) in [6.45, 7) is 8.21. The van der Waals surface area contributed by atoms with Crippen LogP contribution in [0, 0.1) is 6.92 Å². The van der Waals surface area contributed by atoms with E-state index in [2.05, 4.69) is 86.3 Å². The number of Topliss-reactive ketones (excluding diaryl/α,β-unsaturated/α-hetero) is 1. The average molecular weight is 470 g/mol. The van der Waals surface area contributed by atoms with Crippen LogP contribution < -0.4 is 9.64 Å². The molecule has 0 heterocycles. The number of fused-ring (bicyclic) bond motifs is 1. The summed E-state index contributed by atoms with van der Waals surface area (Å²) in [6, 6.07) is 22.1. The summed E-state index contributed by atoms with van der Waals surface area (Å²) in [4.78, 5) is 14.5. The summed E-state index contributed by atoms with van der Waals surface area (Å²) in [5, 5.41) is 0. The minimum Gasteiger partial charge on any atom is -0.497 e. The van der Waals surface area contributed by atoms with E-state index in [0.29, 0.717) is 24.5 Å². The number of methoxy groups -OCH3 is 1. The molecule has 35 heavy (non-hydrogen) atoms. The molecule has 0 unspecified atom stereocenters. The van der Waals surface area contributed by atoms with E-state index in [4.69, 9.17) is 4.74 Å². The molecular formula is C32H39NO2. The highest BCUT2D eigenvalue weighted by atomic mass is 16.5. The zero-order valence-corrected chi connectivity index (χ0v) is 21.8. The van der Waals surface area contributed by atoms with Crippen LogP contribution in [0.4, 0.5) is 5.69 Å². The number of anilines is 1. The number of nitrogens with zero attached hydrogens (tertiary/aromatic N) is 1. The van der Waals surface area contributed by atoms with Crippen molar-refractivity contribution in [2.45, 2.75) is 71.8 Å². The average Bonchev–Trinajstić information content (AvgIpc) is 2.87. The van der Waals surface area contributed by atoms with Gasteiger partial charge in [0.2, 0.25) is 0 Å². The van der Waals surface area contributed by atoms with Crippen molar-refractivity contribution in [3.05, 3.63) is 94.0 Å². The van der Waals surface area contributed by atoms with E-state index in [1.807, 2.05) is 0 Å². The number of ether oxygens (including phenoxy) is 1. The Morgan fingerprint density at radius 2 is 1.74 bits per heavy atom. The molecule has 0 radical (unpaired) electrons. The minimum atomic E-state index is 0.320. The molecule has 4 rings (SSSR count). The third kappa shape index (κ3) is 6.14. The predicted octanol–water partition coefficient (Wildman–Crippen LogP) is 7.21. The smallest absolute Gasteiger partial charge is 0.137 e. The SMILES string of the molecule is CCCC(=O)Cc1ccc(CN(CC)c2cc(OC)ccc2[C@@H]2CCc3cc(C)ccc3C2)cc1. The third-order valence-electron chi connectivity index (χ3n) is 7.32. The number of hydrogen-bond acceptors (Lipinski definition) is 3. The van der Waals surface area contributed by atoms with Crippen LogP contribution in [0.2, 0.25) is 0 Å². The van der Waals surface area contributed by atoms with Crippen molar-refractivity contribution in [1.29, 1.82) is 0 Å². The Bertz CT molecular complexity index is 1150. The highest BCUT2D eigenvalue weighted by Crippen LogP contribution is 2.39. The van der Waals surface area contributed by atoms with Crippen molar-refractivity contribution in [2.75, 3.05) is 18.6 Å². The monoisotopic (exact) mass is 469 g/mol. The van der Waals surface area contributed by atoms with Gasteiger partial charge in [0, 0.05) is 37.7 Å². The highest BCUT2D eigenvalue weighted by Gasteiger charge is 2.24. The van der Waals surface area contributed by atoms with Gasteiger partial charge in [0.15, 0.2) is 0 Å². The van der Waals surface area contributed by atoms with Crippen molar-refractivity contribution in [1.82, 2.24) is 0 Å². The van der Waals surface area contributed by atoms with Crippen LogP contribution in [-0.2, 0) is 30.6 Å². The molecule has 3 nitrogen and oxygen atoms in total. The van der Waals surface area contributed by atoms with Gasteiger partial charge in [-0.25, -0.2) is 0 Å². The molecule has 0 aromatic heterocycles. The Balaban J connectivity index is 1.56. The van der Waals surface area contributed by atoms with Gasteiger partial charge in [-0.15, -0.1) is 0 Å². The zero-order chi connectivity index (χ0) is 24.8. The van der Waals surface area contributed by atoms with E-state index in [1.165, 1.54) is 39.9 Å². The largest absolute Gasteiger partial charge is 0.497 e. The van der Waals surface area contributed by atoms with Crippen LogP contribution in [-0.4, -0.2) is 19.4 Å². The lowest BCUT2D eigenvalue weighted by Gasteiger charge is -2.32. The summed E-state index contributed by atoms with van der Waals surface area (Å²) >= 11 is 0. The van der Waals surface area contributed by atoms with Crippen LogP contribution >= 0.6 is 0 Å². The predicted molar refractivity (Wildman–Crippen MR) is 146 cm³/mol. The number of carbonyl (C=O) groups excluding carboxylic acids is 1. The normalized spacial score (nSPS) is 14.9. The van der Waals surface area contributed by atoms with E-state index >= 15 is 0 Å². The molecule has 0 amide bonds. The van der Waals surface area contributed by atoms with Gasteiger partial charge in [0.1, 0.15) is 11.5 Å². The third-order valence-corrected chi connectivity index (χ3v) is 7.32. The Morgan fingerprint density at radius 3 is 2.46 bits per heavy atom. The second-order valence-corrected chi connectivity index (χ2v) is 9.93. The number of hydrogen-bond donors (Lipinski definition) is 0. The Morgan fingerprint density at radius 1 is 0.971 bits per heavy atom. The van der Waals surface area contributed by atoms with E-state index in [-0.39, 0.29) is 0 Å². The maximum absolute atomic E-state index is 12.0. The van der Waals surface area contributed by atoms with Crippen molar-refractivity contribution >= 4 is 11.5 Å².